The molecule has 2 rings (SSSR count). The largest absolute Gasteiger partial charge is 0.404 e. The van der Waals surface area contributed by atoms with Gasteiger partial charge in [-0.15, -0.1) is 0 Å². The van der Waals surface area contributed by atoms with Crippen molar-refractivity contribution in [1.29, 1.82) is 0 Å². The van der Waals surface area contributed by atoms with Gasteiger partial charge in [0.25, 0.3) is 0 Å². The van der Waals surface area contributed by atoms with Crippen molar-refractivity contribution < 1.29 is 22.7 Å². The highest BCUT2D eigenvalue weighted by Crippen LogP contribution is 2.43. The van der Waals surface area contributed by atoms with Gasteiger partial charge < -0.3 is 15.4 Å². The van der Waals surface area contributed by atoms with E-state index >= 15 is 0 Å². The molecule has 2 aliphatic heterocycles. The molecule has 4 nitrogen and oxygen atoms in total. The predicted octanol–water partition coefficient (Wildman–Crippen LogP) is 1.46. The SMILES string of the molecule is CC1(CNC(=O)C2(C(F)(F)F)CCNC2)CCOCC1. The topological polar surface area (TPSA) is 50.4 Å². The lowest BCUT2D eigenvalue weighted by Crippen LogP contribution is -2.54. The molecule has 0 bridgehead atoms. The Morgan fingerprint density at radius 3 is 2.45 bits per heavy atom. The van der Waals surface area contributed by atoms with Crippen molar-refractivity contribution in [1.82, 2.24) is 10.6 Å². The number of ether oxygens (including phenoxy) is 1. The van der Waals surface area contributed by atoms with Crippen molar-refractivity contribution in [3.63, 3.8) is 0 Å². The zero-order valence-electron chi connectivity index (χ0n) is 11.6. The molecule has 1 unspecified atom stereocenters. The van der Waals surface area contributed by atoms with Gasteiger partial charge in [0.15, 0.2) is 5.41 Å². The van der Waals surface area contributed by atoms with E-state index in [1.807, 2.05) is 6.92 Å². The molecule has 0 aromatic heterocycles. The Morgan fingerprint density at radius 2 is 1.95 bits per heavy atom. The van der Waals surface area contributed by atoms with E-state index in [0.717, 1.165) is 12.8 Å². The highest BCUT2D eigenvalue weighted by Gasteiger charge is 2.61. The molecule has 0 radical (unpaired) electrons. The number of amides is 1. The highest BCUT2D eigenvalue weighted by molar-refractivity contribution is 5.84. The van der Waals surface area contributed by atoms with Gasteiger partial charge in [-0.1, -0.05) is 6.92 Å². The van der Waals surface area contributed by atoms with Crippen LogP contribution in [0.4, 0.5) is 13.2 Å². The van der Waals surface area contributed by atoms with Crippen LogP contribution >= 0.6 is 0 Å². The van der Waals surface area contributed by atoms with Crippen molar-refractivity contribution in [3.8, 4) is 0 Å². The van der Waals surface area contributed by atoms with Crippen molar-refractivity contribution in [2.75, 3.05) is 32.8 Å². The van der Waals surface area contributed by atoms with Gasteiger partial charge >= 0.3 is 6.18 Å². The molecule has 116 valence electrons. The summed E-state index contributed by atoms with van der Waals surface area (Å²) in [5.74, 6) is -0.900. The van der Waals surface area contributed by atoms with E-state index in [9.17, 15) is 18.0 Å². The number of halogens is 3. The van der Waals surface area contributed by atoms with Crippen LogP contribution in [0.5, 0.6) is 0 Å². The molecule has 2 heterocycles. The molecule has 0 saturated carbocycles. The minimum Gasteiger partial charge on any atom is -0.381 e. The van der Waals surface area contributed by atoms with Crippen LogP contribution in [0.15, 0.2) is 0 Å². The first-order valence-corrected chi connectivity index (χ1v) is 6.93. The molecule has 2 aliphatic rings. The Balaban J connectivity index is 1.99. The number of hydrogen-bond acceptors (Lipinski definition) is 3. The van der Waals surface area contributed by atoms with Crippen LogP contribution in [0.2, 0.25) is 0 Å². The number of nitrogens with one attached hydrogen (secondary N) is 2. The first-order chi connectivity index (χ1) is 9.29. The molecular formula is C13H21F3N2O2. The van der Waals surface area contributed by atoms with Crippen LogP contribution < -0.4 is 10.6 Å². The van der Waals surface area contributed by atoms with Crippen molar-refractivity contribution >= 4 is 5.91 Å². The standard InChI is InChI=1S/C13H21F3N2O2/c1-11(3-6-20-7-4-11)8-18-10(19)12(13(14,15)16)2-5-17-9-12/h17H,2-9H2,1H3,(H,18,19). The number of alkyl halides is 3. The summed E-state index contributed by atoms with van der Waals surface area (Å²) in [7, 11) is 0. The zero-order chi connectivity index (χ0) is 14.9. The lowest BCUT2D eigenvalue weighted by molar-refractivity contribution is -0.216. The molecule has 2 saturated heterocycles. The number of carbonyl (C=O) groups is 1. The molecule has 7 heteroatoms. The van der Waals surface area contributed by atoms with E-state index in [1.54, 1.807) is 0 Å². The van der Waals surface area contributed by atoms with Crippen molar-refractivity contribution in [2.24, 2.45) is 10.8 Å². The van der Waals surface area contributed by atoms with E-state index in [4.69, 9.17) is 4.74 Å². The summed E-state index contributed by atoms with van der Waals surface area (Å²) < 4.78 is 44.9. The number of hydrogen-bond donors (Lipinski definition) is 2. The van der Waals surface area contributed by atoms with Crippen LogP contribution in [-0.2, 0) is 9.53 Å². The van der Waals surface area contributed by atoms with E-state index in [1.165, 1.54) is 0 Å². The number of carbonyl (C=O) groups excluding carboxylic acids is 1. The van der Waals surface area contributed by atoms with Crippen LogP contribution in [0.3, 0.4) is 0 Å². The summed E-state index contributed by atoms with van der Waals surface area (Å²) >= 11 is 0. The fraction of sp³-hybridized carbons (Fsp3) is 0.923. The second-order valence-corrected chi connectivity index (χ2v) is 6.11. The first-order valence-electron chi connectivity index (χ1n) is 6.93. The fourth-order valence-electron chi connectivity index (χ4n) is 2.76. The minimum absolute atomic E-state index is 0.174. The normalized spacial score (nSPS) is 30.2. The lowest BCUT2D eigenvalue weighted by Gasteiger charge is -2.36. The number of rotatable bonds is 3. The smallest absolute Gasteiger partial charge is 0.381 e. The Kier molecular flexibility index (Phi) is 4.30. The van der Waals surface area contributed by atoms with Crippen LogP contribution in [-0.4, -0.2) is 44.9 Å². The summed E-state index contributed by atoms with van der Waals surface area (Å²) in [6.07, 6.45) is -3.20. The Morgan fingerprint density at radius 1 is 1.30 bits per heavy atom. The average Bonchev–Trinajstić information content (AvgIpc) is 2.87. The van der Waals surface area contributed by atoms with Gasteiger partial charge in [0.2, 0.25) is 5.91 Å². The van der Waals surface area contributed by atoms with Crippen LogP contribution in [0.25, 0.3) is 0 Å². The van der Waals surface area contributed by atoms with Crippen molar-refractivity contribution in [2.45, 2.75) is 32.4 Å². The Labute approximate surface area is 116 Å². The monoisotopic (exact) mass is 294 g/mol. The molecule has 2 fully saturated rings. The fourth-order valence-corrected chi connectivity index (χ4v) is 2.76. The third kappa shape index (κ3) is 2.93. The molecule has 2 N–H and O–H groups in total. The van der Waals surface area contributed by atoms with Gasteiger partial charge in [-0.05, 0) is 31.2 Å². The molecule has 1 atom stereocenters. The summed E-state index contributed by atoms with van der Waals surface area (Å²) in [6, 6.07) is 0. The second-order valence-electron chi connectivity index (χ2n) is 6.11. The summed E-state index contributed by atoms with van der Waals surface area (Å²) in [4.78, 5) is 12.1. The molecule has 0 aromatic rings. The molecular weight excluding hydrogens is 273 g/mol. The van der Waals surface area contributed by atoms with Gasteiger partial charge in [-0.3, -0.25) is 4.79 Å². The zero-order valence-corrected chi connectivity index (χ0v) is 11.6. The molecule has 1 amide bonds. The maximum atomic E-state index is 13.2. The average molecular weight is 294 g/mol. The maximum absolute atomic E-state index is 13.2. The van der Waals surface area contributed by atoms with Gasteiger partial charge in [-0.2, -0.15) is 13.2 Å². The molecule has 0 spiro atoms. The third-order valence-corrected chi connectivity index (χ3v) is 4.51. The van der Waals surface area contributed by atoms with Gasteiger partial charge in [0.05, 0.1) is 0 Å². The van der Waals surface area contributed by atoms with Gasteiger partial charge in [-0.25, -0.2) is 0 Å². The predicted molar refractivity (Wildman–Crippen MR) is 67.1 cm³/mol. The molecule has 0 aromatic carbocycles. The van der Waals surface area contributed by atoms with Crippen molar-refractivity contribution in [3.05, 3.63) is 0 Å². The van der Waals surface area contributed by atoms with Gasteiger partial charge in [0.1, 0.15) is 0 Å². The summed E-state index contributed by atoms with van der Waals surface area (Å²) in [5, 5.41) is 5.17. The van der Waals surface area contributed by atoms with Crippen LogP contribution in [0, 0.1) is 10.8 Å². The first kappa shape index (κ1) is 15.6. The molecule has 20 heavy (non-hydrogen) atoms. The maximum Gasteiger partial charge on any atom is 0.404 e. The lowest BCUT2D eigenvalue weighted by atomic mass is 9.81. The summed E-state index contributed by atoms with van der Waals surface area (Å²) in [5.41, 5.74) is -2.44. The second kappa shape index (κ2) is 5.52. The van der Waals surface area contributed by atoms with E-state index in [0.29, 0.717) is 13.2 Å². The molecule has 0 aliphatic carbocycles. The highest BCUT2D eigenvalue weighted by atomic mass is 19.4. The Bertz CT molecular complexity index is 359. The van der Waals surface area contributed by atoms with Gasteiger partial charge in [0, 0.05) is 26.3 Å². The van der Waals surface area contributed by atoms with E-state index in [2.05, 4.69) is 10.6 Å². The van der Waals surface area contributed by atoms with E-state index < -0.39 is 17.5 Å². The minimum atomic E-state index is -4.52. The quantitative estimate of drug-likeness (QED) is 0.828. The third-order valence-electron chi connectivity index (χ3n) is 4.51. The van der Waals surface area contributed by atoms with E-state index in [-0.39, 0.29) is 31.5 Å². The summed E-state index contributed by atoms with van der Waals surface area (Å²) in [6.45, 7) is 3.33. The van der Waals surface area contributed by atoms with Crippen LogP contribution in [0.1, 0.15) is 26.2 Å². The Hall–Kier alpha value is -0.820.